The Morgan fingerprint density at radius 1 is 1.09 bits per heavy atom. The van der Waals surface area contributed by atoms with Crippen LogP contribution in [0, 0.1) is 6.92 Å². The number of nitrogens with one attached hydrogen (secondary N) is 2. The molecule has 0 unspecified atom stereocenters. The van der Waals surface area contributed by atoms with Crippen molar-refractivity contribution in [2.24, 2.45) is 0 Å². The van der Waals surface area contributed by atoms with Gasteiger partial charge < -0.3 is 10.1 Å². The van der Waals surface area contributed by atoms with Crippen molar-refractivity contribution in [3.63, 3.8) is 0 Å². The fourth-order valence-corrected chi connectivity index (χ4v) is 5.73. The van der Waals surface area contributed by atoms with Gasteiger partial charge in [0.2, 0.25) is 5.91 Å². The number of carbonyl (C=O) groups is 1. The second kappa shape index (κ2) is 9.74. The zero-order valence-electron chi connectivity index (χ0n) is 17.9. The first-order valence-corrected chi connectivity index (χ1v) is 13.2. The number of aromatic nitrogens is 1. The quantitative estimate of drug-likeness (QED) is 0.349. The molecule has 7 nitrogen and oxygen atoms in total. The van der Waals surface area contributed by atoms with E-state index in [0.717, 1.165) is 16.1 Å². The smallest absolute Gasteiger partial charge is 0.262 e. The van der Waals surface area contributed by atoms with Crippen molar-refractivity contribution < 1.29 is 17.9 Å². The lowest BCUT2D eigenvalue weighted by Gasteiger charge is -2.14. The SMILES string of the molecule is COc1ccccc1NS(=O)(=O)c1ccc(C)c(NC(=O)Cc2csc(-c3ccsc3)n2)c1. The molecule has 2 aromatic heterocycles. The standard InChI is InChI=1S/C23H21N3O4S3/c1-15-7-8-18(33(28,29)26-19-5-3-4-6-21(19)30-2)12-20(15)25-22(27)11-17-14-32-23(24-17)16-9-10-31-13-16/h3-10,12-14,26H,11H2,1-2H3,(H,25,27). The number of benzene rings is 2. The molecule has 0 atom stereocenters. The number of amides is 1. The van der Waals surface area contributed by atoms with E-state index in [1.807, 2.05) is 22.2 Å². The van der Waals surface area contributed by atoms with Crippen LogP contribution in [-0.2, 0) is 21.2 Å². The van der Waals surface area contributed by atoms with Crippen LogP contribution in [0.15, 0.2) is 69.6 Å². The predicted molar refractivity (Wildman–Crippen MR) is 133 cm³/mol. The van der Waals surface area contributed by atoms with Crippen molar-refractivity contribution in [2.75, 3.05) is 17.1 Å². The van der Waals surface area contributed by atoms with E-state index in [1.54, 1.807) is 48.6 Å². The third kappa shape index (κ3) is 5.41. The maximum atomic E-state index is 12.9. The van der Waals surface area contributed by atoms with Gasteiger partial charge in [-0.3, -0.25) is 9.52 Å². The maximum Gasteiger partial charge on any atom is 0.262 e. The summed E-state index contributed by atoms with van der Waals surface area (Å²) in [5.74, 6) is 0.138. The number of hydrogen-bond donors (Lipinski definition) is 2. The summed E-state index contributed by atoms with van der Waals surface area (Å²) in [4.78, 5) is 17.2. The van der Waals surface area contributed by atoms with E-state index in [0.29, 0.717) is 22.8 Å². The number of thiophene rings is 1. The molecule has 4 aromatic rings. The summed E-state index contributed by atoms with van der Waals surface area (Å²) >= 11 is 3.08. The van der Waals surface area contributed by atoms with Gasteiger partial charge in [-0.05, 0) is 48.2 Å². The molecule has 2 aromatic carbocycles. The molecule has 33 heavy (non-hydrogen) atoms. The van der Waals surface area contributed by atoms with Crippen molar-refractivity contribution in [3.8, 4) is 16.3 Å². The number of anilines is 2. The molecule has 0 aliphatic rings. The second-order valence-corrected chi connectivity index (χ2v) is 10.5. The molecule has 0 aliphatic heterocycles. The van der Waals surface area contributed by atoms with Crippen molar-refractivity contribution >= 4 is 50.0 Å². The molecule has 1 amide bonds. The van der Waals surface area contributed by atoms with E-state index in [2.05, 4.69) is 15.0 Å². The lowest BCUT2D eigenvalue weighted by atomic mass is 10.2. The Bertz CT molecular complexity index is 1380. The molecule has 4 rings (SSSR count). The molecule has 0 radical (unpaired) electrons. The second-order valence-electron chi connectivity index (χ2n) is 7.16. The largest absolute Gasteiger partial charge is 0.495 e. The van der Waals surface area contributed by atoms with Crippen LogP contribution in [0.4, 0.5) is 11.4 Å². The van der Waals surface area contributed by atoms with Gasteiger partial charge in [-0.25, -0.2) is 13.4 Å². The molecular formula is C23H21N3O4S3. The van der Waals surface area contributed by atoms with Crippen LogP contribution >= 0.6 is 22.7 Å². The third-order valence-electron chi connectivity index (χ3n) is 4.81. The summed E-state index contributed by atoms with van der Waals surface area (Å²) in [5.41, 5.74) is 3.20. The van der Waals surface area contributed by atoms with Gasteiger partial charge in [-0.2, -0.15) is 11.3 Å². The molecule has 2 heterocycles. The Labute approximate surface area is 200 Å². The zero-order valence-corrected chi connectivity index (χ0v) is 20.3. The first-order chi connectivity index (χ1) is 15.9. The number of hydrogen-bond acceptors (Lipinski definition) is 7. The van der Waals surface area contributed by atoms with E-state index in [-0.39, 0.29) is 17.2 Å². The number of sulfonamides is 1. The van der Waals surface area contributed by atoms with Crippen molar-refractivity contribution in [1.29, 1.82) is 0 Å². The van der Waals surface area contributed by atoms with Crippen LogP contribution in [0.25, 0.3) is 10.6 Å². The lowest BCUT2D eigenvalue weighted by molar-refractivity contribution is -0.115. The number of aryl methyl sites for hydroxylation is 1. The fourth-order valence-electron chi connectivity index (χ4n) is 3.10. The average Bonchev–Trinajstić information content (AvgIpc) is 3.47. The Morgan fingerprint density at radius 2 is 1.91 bits per heavy atom. The molecule has 0 bridgehead atoms. The summed E-state index contributed by atoms with van der Waals surface area (Å²) in [6.07, 6.45) is 0.0938. The minimum Gasteiger partial charge on any atom is -0.495 e. The summed E-state index contributed by atoms with van der Waals surface area (Å²) in [6.45, 7) is 1.80. The van der Waals surface area contributed by atoms with Crippen molar-refractivity contribution in [3.05, 3.63) is 75.9 Å². The maximum absolute atomic E-state index is 12.9. The van der Waals surface area contributed by atoms with Gasteiger partial charge >= 0.3 is 0 Å². The van der Waals surface area contributed by atoms with Crippen molar-refractivity contribution in [1.82, 2.24) is 4.98 Å². The van der Waals surface area contributed by atoms with Crippen LogP contribution < -0.4 is 14.8 Å². The van der Waals surface area contributed by atoms with Gasteiger partial charge in [-0.1, -0.05) is 18.2 Å². The van der Waals surface area contributed by atoms with E-state index in [1.165, 1.54) is 30.6 Å². The van der Waals surface area contributed by atoms with Crippen LogP contribution in [0.2, 0.25) is 0 Å². The number of para-hydroxylation sites is 2. The van der Waals surface area contributed by atoms with E-state index >= 15 is 0 Å². The summed E-state index contributed by atoms with van der Waals surface area (Å²) in [7, 11) is -2.42. The highest BCUT2D eigenvalue weighted by Gasteiger charge is 2.19. The number of thiazole rings is 1. The third-order valence-corrected chi connectivity index (χ3v) is 7.79. The molecule has 0 aliphatic carbocycles. The minimum atomic E-state index is -3.89. The number of rotatable bonds is 8. The first kappa shape index (κ1) is 23.0. The van der Waals surface area contributed by atoms with E-state index in [9.17, 15) is 13.2 Å². The highest BCUT2D eigenvalue weighted by atomic mass is 32.2. The van der Waals surface area contributed by atoms with Crippen LogP contribution in [0.1, 0.15) is 11.3 Å². The fraction of sp³-hybridized carbons (Fsp3) is 0.130. The number of carbonyl (C=O) groups excluding carboxylic acids is 1. The summed E-state index contributed by atoms with van der Waals surface area (Å²) < 4.78 is 33.6. The Hall–Kier alpha value is -3.21. The molecule has 0 saturated heterocycles. The van der Waals surface area contributed by atoms with Crippen LogP contribution in [0.3, 0.4) is 0 Å². The molecule has 0 spiro atoms. The highest BCUT2D eigenvalue weighted by Crippen LogP contribution is 2.28. The number of nitrogens with zero attached hydrogens (tertiary/aromatic N) is 1. The predicted octanol–water partition coefficient (Wildman–Crippen LogP) is 5.17. The van der Waals surface area contributed by atoms with E-state index in [4.69, 9.17) is 4.74 Å². The number of methoxy groups -OCH3 is 1. The van der Waals surface area contributed by atoms with Gasteiger partial charge in [0.15, 0.2) is 0 Å². The Kier molecular flexibility index (Phi) is 6.77. The van der Waals surface area contributed by atoms with Gasteiger partial charge in [0.1, 0.15) is 10.8 Å². The molecule has 0 saturated carbocycles. The highest BCUT2D eigenvalue weighted by molar-refractivity contribution is 7.92. The van der Waals surface area contributed by atoms with E-state index < -0.39 is 10.0 Å². The normalized spacial score (nSPS) is 11.2. The molecular weight excluding hydrogens is 478 g/mol. The summed E-state index contributed by atoms with van der Waals surface area (Å²) in [6, 6.07) is 13.3. The zero-order chi connectivity index (χ0) is 23.4. The average molecular weight is 500 g/mol. The summed E-state index contributed by atoms with van der Waals surface area (Å²) in [5, 5.41) is 9.53. The van der Waals surface area contributed by atoms with Gasteiger partial charge in [0, 0.05) is 22.0 Å². The topological polar surface area (TPSA) is 97.4 Å². The Balaban J connectivity index is 1.49. The number of ether oxygens (including phenoxy) is 1. The first-order valence-electron chi connectivity index (χ1n) is 9.89. The lowest BCUT2D eigenvalue weighted by Crippen LogP contribution is -2.17. The van der Waals surface area contributed by atoms with Crippen LogP contribution in [-0.4, -0.2) is 26.4 Å². The molecule has 10 heteroatoms. The molecule has 170 valence electrons. The van der Waals surface area contributed by atoms with Crippen LogP contribution in [0.5, 0.6) is 5.75 Å². The van der Waals surface area contributed by atoms with Gasteiger partial charge in [0.25, 0.3) is 10.0 Å². The molecule has 2 N–H and O–H groups in total. The van der Waals surface area contributed by atoms with Gasteiger partial charge in [0.05, 0.1) is 29.8 Å². The minimum absolute atomic E-state index is 0.0303. The monoisotopic (exact) mass is 499 g/mol. The van der Waals surface area contributed by atoms with Gasteiger partial charge in [-0.15, -0.1) is 11.3 Å². The Morgan fingerprint density at radius 3 is 2.67 bits per heavy atom. The molecule has 0 fully saturated rings. The van der Waals surface area contributed by atoms with Crippen molar-refractivity contribution in [2.45, 2.75) is 18.2 Å².